The van der Waals surface area contributed by atoms with Gasteiger partial charge in [-0.05, 0) is 14.0 Å². The number of hydrogen-bond acceptors (Lipinski definition) is 5. The Morgan fingerprint density at radius 3 is 2.79 bits per heavy atom. The molecule has 24 heavy (non-hydrogen) atoms. The van der Waals surface area contributed by atoms with Crippen LogP contribution in [0.5, 0.6) is 0 Å². The van der Waals surface area contributed by atoms with Crippen LogP contribution in [0.3, 0.4) is 0 Å². The summed E-state index contributed by atoms with van der Waals surface area (Å²) in [6.45, 7) is 6.99. The molecule has 1 fully saturated rings. The summed E-state index contributed by atoms with van der Waals surface area (Å²) in [6, 6.07) is 8.54. The summed E-state index contributed by atoms with van der Waals surface area (Å²) in [5.74, 6) is 1.93. The summed E-state index contributed by atoms with van der Waals surface area (Å²) in [4.78, 5) is 4.65. The van der Waals surface area contributed by atoms with Crippen LogP contribution in [0.15, 0.2) is 42.0 Å². The first-order chi connectivity index (χ1) is 11.7. The van der Waals surface area contributed by atoms with E-state index in [1.807, 2.05) is 0 Å². The molecule has 0 amide bonds. The van der Waals surface area contributed by atoms with Crippen molar-refractivity contribution >= 4 is 33.4 Å². The molecule has 1 saturated heterocycles. The van der Waals surface area contributed by atoms with Crippen molar-refractivity contribution < 1.29 is 5.32 Å². The molecule has 6 nitrogen and oxygen atoms in total. The molecule has 0 saturated carbocycles. The molecule has 3 rings (SSSR count). The van der Waals surface area contributed by atoms with Gasteiger partial charge in [-0.1, -0.05) is 29.8 Å². The zero-order valence-corrected chi connectivity index (χ0v) is 16.3. The number of rotatable bonds is 4. The van der Waals surface area contributed by atoms with Gasteiger partial charge in [0.2, 0.25) is 5.82 Å². The van der Waals surface area contributed by atoms with E-state index in [1.54, 1.807) is 0 Å². The first kappa shape index (κ1) is 17.4. The smallest absolute Gasteiger partial charge is 0.243 e. The van der Waals surface area contributed by atoms with Gasteiger partial charge < -0.3 is 15.2 Å². The lowest BCUT2D eigenvalue weighted by molar-refractivity contribution is -0.623. The van der Waals surface area contributed by atoms with Crippen molar-refractivity contribution in [2.75, 3.05) is 33.2 Å². The second-order valence-electron chi connectivity index (χ2n) is 6.20. The van der Waals surface area contributed by atoms with Crippen LogP contribution in [0.25, 0.3) is 0 Å². The number of piperazine rings is 1. The van der Waals surface area contributed by atoms with Crippen molar-refractivity contribution in [3.8, 4) is 0 Å². The Morgan fingerprint density at radius 2 is 2.08 bits per heavy atom. The Morgan fingerprint density at radius 1 is 1.29 bits per heavy atom. The van der Waals surface area contributed by atoms with Crippen LogP contribution in [0, 0.1) is 12.3 Å². The highest BCUT2D eigenvalue weighted by Crippen LogP contribution is 2.20. The highest BCUT2D eigenvalue weighted by Gasteiger charge is 2.25. The van der Waals surface area contributed by atoms with E-state index < -0.39 is 21.3 Å². The second-order valence-corrected chi connectivity index (χ2v) is 7.60. The Bertz CT molecular complexity index is 701. The fraction of sp³-hybridized carbons (Fsp3) is 0.412. The topological polar surface area (TPSA) is 71.7 Å². The number of quaternary nitrogens is 1. The minimum atomic E-state index is -0.561. The lowest BCUT2D eigenvalue weighted by Crippen LogP contribution is -2.80. The van der Waals surface area contributed by atoms with E-state index in [1.165, 1.54) is 17.3 Å². The molecule has 0 spiro atoms. The molecule has 0 radical (unpaired) electrons. The predicted octanol–water partition coefficient (Wildman–Crippen LogP) is 1.65. The van der Waals surface area contributed by atoms with Crippen LogP contribution < -0.4 is 5.32 Å². The highest BCUT2D eigenvalue weighted by molar-refractivity contribution is 14.1. The van der Waals surface area contributed by atoms with Gasteiger partial charge in [0.05, 0.1) is 0 Å². The Balaban J connectivity index is 1.74. The summed E-state index contributed by atoms with van der Waals surface area (Å²) in [5, 5.41) is 10.0. The molecule has 0 bridgehead atoms. The van der Waals surface area contributed by atoms with Crippen molar-refractivity contribution in [2.45, 2.75) is 13.5 Å². The quantitative estimate of drug-likeness (QED) is 0.554. The first-order valence-corrected chi connectivity index (χ1v) is 10.1. The van der Waals surface area contributed by atoms with Gasteiger partial charge in [0.1, 0.15) is 12.1 Å². The summed E-state index contributed by atoms with van der Waals surface area (Å²) in [6.07, 6.45) is 1.42. The van der Waals surface area contributed by atoms with Crippen molar-refractivity contribution in [1.82, 2.24) is 9.80 Å². The summed E-state index contributed by atoms with van der Waals surface area (Å²) in [5.41, 5.74) is 3.43. The van der Waals surface area contributed by atoms with Crippen LogP contribution in [0.4, 0.5) is 0 Å². The summed E-state index contributed by atoms with van der Waals surface area (Å²) < 4.78 is 9.33. The molecule has 0 aromatic heterocycles. The van der Waals surface area contributed by atoms with Crippen LogP contribution in [-0.4, -0.2) is 55.1 Å². The second kappa shape index (κ2) is 8.09. The maximum absolute atomic E-state index is 7.86. The van der Waals surface area contributed by atoms with E-state index in [0.29, 0.717) is 0 Å². The van der Waals surface area contributed by atoms with Crippen molar-refractivity contribution in [2.24, 2.45) is 6.35 Å². The van der Waals surface area contributed by atoms with Crippen LogP contribution in [0.2, 0.25) is 0 Å². The third kappa shape index (κ3) is 4.14. The van der Waals surface area contributed by atoms with Crippen molar-refractivity contribution in [3.63, 3.8) is 0 Å². The lowest BCUT2D eigenvalue weighted by atomic mass is 10.1. The number of benzene rings is 1. The van der Waals surface area contributed by atoms with Gasteiger partial charge in [0.25, 0.3) is 0 Å². The lowest BCUT2D eigenvalue weighted by Gasteiger charge is -2.34. The van der Waals surface area contributed by atoms with Crippen LogP contribution >= 0.6 is 21.3 Å². The maximum atomic E-state index is 7.86. The fourth-order valence-electron chi connectivity index (χ4n) is 2.88. The number of nitrogens with two attached hydrogens (primary N) is 1. The van der Waals surface area contributed by atoms with Gasteiger partial charge >= 0.3 is 0 Å². The molecule has 3 N–H and O–H groups in total. The summed E-state index contributed by atoms with van der Waals surface area (Å²) in [7, 11) is 2.15. The van der Waals surface area contributed by atoms with E-state index in [9.17, 15) is 0 Å². The molecule has 2 heterocycles. The van der Waals surface area contributed by atoms with Gasteiger partial charge in [0, 0.05) is 38.0 Å². The number of nitrogens with one attached hydrogen (secondary N) is 1. The number of likely N-dealkylation sites (N-methyl/N-ethyl adjacent to an activating group) is 1. The number of nitrogens with zero attached hydrogens (tertiary/aromatic N) is 4. The van der Waals surface area contributed by atoms with E-state index in [-0.39, 0.29) is 0 Å². The molecule has 0 atom stereocenters. The van der Waals surface area contributed by atoms with E-state index >= 15 is 0 Å². The maximum Gasteiger partial charge on any atom is 0.243 e. The molecule has 2 aliphatic heterocycles. The minimum Gasteiger partial charge on any atom is -0.353 e. The van der Waals surface area contributed by atoms with Gasteiger partial charge in [-0.2, -0.15) is 3.21 Å². The van der Waals surface area contributed by atoms with Gasteiger partial charge in [-0.25, -0.2) is 0 Å². The zero-order chi connectivity index (χ0) is 16.9. The number of halogens is 1. The van der Waals surface area contributed by atoms with E-state index in [4.69, 9.17) is 5.41 Å². The standard InChI is InChI=1S/C17H23IN6/c1-13-4-3-5-14(10-13)12-20-16-15(11-19)17(22-18-21-16)24-8-6-23(2)7-9-24/h3-5,10-11,19H,6-9,12H2,1-2H3,(H,20,21,22)/p+1. The fourth-order valence-corrected chi connectivity index (χ4v) is 4.45. The predicted molar refractivity (Wildman–Crippen MR) is 106 cm³/mol. The largest absolute Gasteiger partial charge is 0.353 e. The van der Waals surface area contributed by atoms with Gasteiger partial charge in [0.15, 0.2) is 27.1 Å². The third-order valence-electron chi connectivity index (χ3n) is 4.32. The molecular formula is C17H24IN6+. The minimum absolute atomic E-state index is 0.561. The van der Waals surface area contributed by atoms with Crippen molar-refractivity contribution in [3.05, 3.63) is 46.8 Å². The average molecular weight is 439 g/mol. The SMILES string of the molecule is Cc1cccc(C[NH2+]C2=C(C=N)C(N3CCN(C)CC3)=NI=N2)c1. The Hall–Kier alpha value is -1.45. The Labute approximate surface area is 153 Å². The third-order valence-corrected chi connectivity index (χ3v) is 5.73. The molecule has 128 valence electrons. The monoisotopic (exact) mass is 439 g/mol. The normalized spacial score (nSPS) is 19.1. The number of amidine groups is 1. The Kier molecular flexibility index (Phi) is 5.85. The first-order valence-electron chi connectivity index (χ1n) is 8.17. The molecular weight excluding hydrogens is 415 g/mol. The van der Waals surface area contributed by atoms with Gasteiger partial charge in [-0.15, -0.1) is 3.15 Å². The molecule has 1 aromatic rings. The molecule has 7 heteroatoms. The molecule has 0 unspecified atom stereocenters. The van der Waals surface area contributed by atoms with Gasteiger partial charge in [-0.3, -0.25) is 5.32 Å². The zero-order valence-electron chi connectivity index (χ0n) is 14.2. The summed E-state index contributed by atoms with van der Waals surface area (Å²) >= 11 is -0.561. The van der Waals surface area contributed by atoms with E-state index in [2.05, 4.69) is 59.7 Å². The number of hydrogen-bond donors (Lipinski definition) is 2. The molecule has 2 aliphatic rings. The van der Waals surface area contributed by atoms with Crippen LogP contribution in [0.1, 0.15) is 11.1 Å². The van der Waals surface area contributed by atoms with Crippen molar-refractivity contribution in [1.29, 1.82) is 5.41 Å². The highest BCUT2D eigenvalue weighted by atomic mass is 127. The number of aryl methyl sites for hydroxylation is 1. The average Bonchev–Trinajstić information content (AvgIpc) is 2.60. The van der Waals surface area contributed by atoms with E-state index in [0.717, 1.165) is 50.0 Å². The van der Waals surface area contributed by atoms with Crippen LogP contribution in [-0.2, 0) is 6.54 Å². The molecule has 0 aliphatic carbocycles. The molecule has 1 aromatic carbocycles.